The van der Waals surface area contributed by atoms with E-state index in [0.29, 0.717) is 53.0 Å². The van der Waals surface area contributed by atoms with Gasteiger partial charge in [-0.25, -0.2) is 22.8 Å². The molecule has 0 spiro atoms. The minimum Gasteiger partial charge on any atom is -0.476 e. The fourth-order valence-electron chi connectivity index (χ4n) is 3.65. The summed E-state index contributed by atoms with van der Waals surface area (Å²) in [4.78, 5) is 13.7. The normalized spacial score (nSPS) is 11.4. The zero-order valence-corrected chi connectivity index (χ0v) is 20.7. The van der Waals surface area contributed by atoms with Crippen LogP contribution in [0, 0.1) is 5.82 Å². The molecular weight excluding hydrogens is 485 g/mol. The summed E-state index contributed by atoms with van der Waals surface area (Å²) in [5, 5.41) is 12.4. The van der Waals surface area contributed by atoms with Gasteiger partial charge in [0.2, 0.25) is 21.9 Å². The number of ether oxygens (including phenoxy) is 1. The SMILES string of the molecule is CCOc1nc(NCc2ccc(F)cc2)nc2ccc(-c3cccc(N(CCO)S(C)(=O)=O)c3)nc12. The Kier molecular flexibility index (Phi) is 7.61. The molecule has 4 rings (SSSR count). The summed E-state index contributed by atoms with van der Waals surface area (Å²) in [5.41, 5.74) is 3.58. The Balaban J connectivity index is 1.67. The number of hydrogen-bond acceptors (Lipinski definition) is 8. The molecule has 4 aromatic rings. The largest absolute Gasteiger partial charge is 0.476 e. The van der Waals surface area contributed by atoms with Crippen LogP contribution < -0.4 is 14.4 Å². The first kappa shape index (κ1) is 25.3. The van der Waals surface area contributed by atoms with Gasteiger partial charge < -0.3 is 15.2 Å². The van der Waals surface area contributed by atoms with Crippen molar-refractivity contribution in [2.75, 3.05) is 35.6 Å². The van der Waals surface area contributed by atoms with E-state index in [4.69, 9.17) is 9.72 Å². The van der Waals surface area contributed by atoms with Gasteiger partial charge in [0.1, 0.15) is 5.82 Å². The van der Waals surface area contributed by atoms with Crippen LogP contribution in [0.25, 0.3) is 22.3 Å². The van der Waals surface area contributed by atoms with Crippen molar-refractivity contribution >= 4 is 32.7 Å². The second-order valence-corrected chi connectivity index (χ2v) is 9.85. The van der Waals surface area contributed by atoms with Crippen molar-refractivity contribution in [1.82, 2.24) is 15.0 Å². The van der Waals surface area contributed by atoms with Gasteiger partial charge in [-0.15, -0.1) is 0 Å². The van der Waals surface area contributed by atoms with Gasteiger partial charge in [-0.3, -0.25) is 4.31 Å². The standard InChI is InChI=1S/C25H26FN5O4S/c1-3-35-24-23-22(29-25(30-24)27-16-17-7-9-19(26)10-8-17)12-11-21(28-23)18-5-4-6-20(15-18)31(13-14-32)36(2,33)34/h4-12,15,32H,3,13-14,16H2,1-2H3,(H,27,29,30). The van der Waals surface area contributed by atoms with Gasteiger partial charge in [0.05, 0.1) is 42.9 Å². The van der Waals surface area contributed by atoms with Crippen LogP contribution in [0.5, 0.6) is 5.88 Å². The van der Waals surface area contributed by atoms with Crippen LogP contribution in [0.15, 0.2) is 60.7 Å². The Morgan fingerprint density at radius 3 is 2.53 bits per heavy atom. The van der Waals surface area contributed by atoms with Crippen LogP contribution in [-0.2, 0) is 16.6 Å². The molecule has 188 valence electrons. The lowest BCUT2D eigenvalue weighted by Crippen LogP contribution is -2.32. The third-order valence-corrected chi connectivity index (χ3v) is 6.48. The Hall–Kier alpha value is -3.83. The average Bonchev–Trinajstić information content (AvgIpc) is 2.86. The van der Waals surface area contributed by atoms with Gasteiger partial charge in [-0.1, -0.05) is 24.3 Å². The summed E-state index contributed by atoms with van der Waals surface area (Å²) in [6.07, 6.45) is 1.09. The number of aliphatic hydroxyl groups excluding tert-OH is 1. The molecule has 0 amide bonds. The molecule has 0 bridgehead atoms. The molecular formula is C25H26FN5O4S. The van der Waals surface area contributed by atoms with Crippen LogP contribution in [0.4, 0.5) is 16.0 Å². The number of benzene rings is 2. The quantitative estimate of drug-likeness (QED) is 0.332. The monoisotopic (exact) mass is 511 g/mol. The van der Waals surface area contributed by atoms with E-state index in [1.165, 1.54) is 12.1 Å². The summed E-state index contributed by atoms with van der Waals surface area (Å²) >= 11 is 0. The zero-order chi connectivity index (χ0) is 25.7. The first-order valence-electron chi connectivity index (χ1n) is 11.3. The van der Waals surface area contributed by atoms with Gasteiger partial charge in [-0.2, -0.15) is 4.98 Å². The second-order valence-electron chi connectivity index (χ2n) is 7.94. The van der Waals surface area contributed by atoms with E-state index in [2.05, 4.69) is 15.3 Å². The molecule has 0 aliphatic rings. The highest BCUT2D eigenvalue weighted by Crippen LogP contribution is 2.29. The van der Waals surface area contributed by atoms with Gasteiger partial charge in [0, 0.05) is 12.1 Å². The molecule has 0 fully saturated rings. The van der Waals surface area contributed by atoms with Gasteiger partial charge >= 0.3 is 0 Å². The molecule has 2 aromatic heterocycles. The molecule has 2 aromatic carbocycles. The lowest BCUT2D eigenvalue weighted by molar-refractivity contribution is 0.307. The number of nitrogens with one attached hydrogen (secondary N) is 1. The Bertz CT molecular complexity index is 1470. The van der Waals surface area contributed by atoms with E-state index in [9.17, 15) is 17.9 Å². The van der Waals surface area contributed by atoms with Crippen LogP contribution in [0.1, 0.15) is 12.5 Å². The van der Waals surface area contributed by atoms with Gasteiger partial charge in [0.25, 0.3) is 0 Å². The molecule has 2 N–H and O–H groups in total. The number of sulfonamides is 1. The molecule has 0 saturated heterocycles. The van der Waals surface area contributed by atoms with Crippen molar-refractivity contribution in [1.29, 1.82) is 0 Å². The number of rotatable bonds is 10. The molecule has 0 atom stereocenters. The maximum absolute atomic E-state index is 13.2. The maximum Gasteiger partial charge on any atom is 0.245 e. The number of hydrogen-bond donors (Lipinski definition) is 2. The summed E-state index contributed by atoms with van der Waals surface area (Å²) < 4.78 is 44.4. The number of nitrogens with zero attached hydrogens (tertiary/aromatic N) is 4. The van der Waals surface area contributed by atoms with E-state index in [0.717, 1.165) is 16.1 Å². The number of pyridine rings is 1. The van der Waals surface area contributed by atoms with Crippen LogP contribution >= 0.6 is 0 Å². The Labute approximate surface area is 208 Å². The molecule has 0 radical (unpaired) electrons. The number of halogens is 1. The third-order valence-electron chi connectivity index (χ3n) is 5.29. The molecule has 9 nitrogen and oxygen atoms in total. The number of aromatic nitrogens is 3. The summed E-state index contributed by atoms with van der Waals surface area (Å²) in [7, 11) is -3.57. The van der Waals surface area contributed by atoms with Crippen LogP contribution in [0.2, 0.25) is 0 Å². The molecule has 36 heavy (non-hydrogen) atoms. The molecule has 0 saturated carbocycles. The number of aliphatic hydroxyl groups is 1. The molecule has 0 unspecified atom stereocenters. The number of anilines is 2. The van der Waals surface area contributed by atoms with Crippen molar-refractivity contribution in [3.8, 4) is 17.1 Å². The molecule has 0 aliphatic carbocycles. The average molecular weight is 512 g/mol. The summed E-state index contributed by atoms with van der Waals surface area (Å²) in [6, 6.07) is 16.6. The smallest absolute Gasteiger partial charge is 0.245 e. The third kappa shape index (κ3) is 5.86. The lowest BCUT2D eigenvalue weighted by Gasteiger charge is -2.21. The fraction of sp³-hybridized carbons (Fsp3) is 0.240. The Morgan fingerprint density at radius 2 is 1.83 bits per heavy atom. The summed E-state index contributed by atoms with van der Waals surface area (Å²) in [5.74, 6) is 0.351. The van der Waals surface area contributed by atoms with E-state index in [1.54, 1.807) is 42.5 Å². The van der Waals surface area contributed by atoms with E-state index >= 15 is 0 Å². The van der Waals surface area contributed by atoms with Crippen molar-refractivity contribution in [2.45, 2.75) is 13.5 Å². The van der Waals surface area contributed by atoms with E-state index in [1.807, 2.05) is 13.0 Å². The van der Waals surface area contributed by atoms with Crippen molar-refractivity contribution < 1.29 is 22.7 Å². The van der Waals surface area contributed by atoms with Crippen molar-refractivity contribution in [3.63, 3.8) is 0 Å². The van der Waals surface area contributed by atoms with Gasteiger partial charge in [-0.05, 0) is 48.9 Å². The highest BCUT2D eigenvalue weighted by Gasteiger charge is 2.18. The van der Waals surface area contributed by atoms with Gasteiger partial charge in [0.15, 0.2) is 5.52 Å². The number of fused-ring (bicyclic) bond motifs is 1. The predicted octanol–water partition coefficient (Wildman–Crippen LogP) is 3.60. The first-order valence-corrected chi connectivity index (χ1v) is 13.1. The molecule has 0 aliphatic heterocycles. The Morgan fingerprint density at radius 1 is 1.06 bits per heavy atom. The summed E-state index contributed by atoms with van der Waals surface area (Å²) in [6.45, 7) is 2.26. The second kappa shape index (κ2) is 10.8. The predicted molar refractivity (Wildman–Crippen MR) is 137 cm³/mol. The maximum atomic E-state index is 13.2. The highest BCUT2D eigenvalue weighted by atomic mass is 32.2. The molecule has 2 heterocycles. The van der Waals surface area contributed by atoms with Crippen molar-refractivity contribution in [2.24, 2.45) is 0 Å². The topological polar surface area (TPSA) is 118 Å². The minimum atomic E-state index is -3.57. The minimum absolute atomic E-state index is 0.0521. The van der Waals surface area contributed by atoms with Crippen LogP contribution in [0.3, 0.4) is 0 Å². The highest BCUT2D eigenvalue weighted by molar-refractivity contribution is 7.92. The molecule has 11 heteroatoms. The first-order chi connectivity index (χ1) is 17.3. The van der Waals surface area contributed by atoms with Crippen LogP contribution in [-0.4, -0.2) is 54.5 Å². The van der Waals surface area contributed by atoms with E-state index in [-0.39, 0.29) is 19.0 Å². The lowest BCUT2D eigenvalue weighted by atomic mass is 10.1. The fourth-order valence-corrected chi connectivity index (χ4v) is 4.56. The van der Waals surface area contributed by atoms with Crippen molar-refractivity contribution in [3.05, 3.63) is 72.0 Å². The zero-order valence-electron chi connectivity index (χ0n) is 19.8. The van der Waals surface area contributed by atoms with E-state index < -0.39 is 10.0 Å².